The fourth-order valence-corrected chi connectivity index (χ4v) is 2.07. The second kappa shape index (κ2) is 3.39. The van der Waals surface area contributed by atoms with Crippen molar-refractivity contribution in [2.24, 2.45) is 11.1 Å². The zero-order chi connectivity index (χ0) is 10.2. The fourth-order valence-electron chi connectivity index (χ4n) is 2.07. The molecule has 1 atom stereocenters. The van der Waals surface area contributed by atoms with Gasteiger partial charge in [0.05, 0.1) is 0 Å². The number of nitrogens with two attached hydrogens (primary N) is 1. The molecule has 1 aromatic rings. The smallest absolute Gasteiger partial charge is 0.00702 e. The Hall–Kier alpha value is -0.820. The topological polar surface area (TPSA) is 26.0 Å². The molecule has 0 aliphatic heterocycles. The summed E-state index contributed by atoms with van der Waals surface area (Å²) in [7, 11) is 0. The van der Waals surface area contributed by atoms with Crippen LogP contribution in [0.5, 0.6) is 0 Å². The Morgan fingerprint density at radius 2 is 1.86 bits per heavy atom. The summed E-state index contributed by atoms with van der Waals surface area (Å²) >= 11 is 0. The van der Waals surface area contributed by atoms with Crippen molar-refractivity contribution >= 4 is 0 Å². The van der Waals surface area contributed by atoms with Crippen LogP contribution in [-0.2, 0) is 6.42 Å². The van der Waals surface area contributed by atoms with Gasteiger partial charge in [-0.15, -0.1) is 0 Å². The van der Waals surface area contributed by atoms with Crippen molar-refractivity contribution in [1.29, 1.82) is 0 Å². The SMILES string of the molecule is Cc1ccc(CC2(C(C)N)CC2)cc1. The molecule has 2 N–H and O–H groups in total. The molecule has 14 heavy (non-hydrogen) atoms. The number of hydrogen-bond acceptors (Lipinski definition) is 1. The lowest BCUT2D eigenvalue weighted by Crippen LogP contribution is -2.29. The summed E-state index contributed by atoms with van der Waals surface area (Å²) in [6.07, 6.45) is 3.77. The second-order valence-electron chi connectivity index (χ2n) is 4.81. The monoisotopic (exact) mass is 189 g/mol. The van der Waals surface area contributed by atoms with Crippen molar-refractivity contribution in [3.8, 4) is 0 Å². The minimum atomic E-state index is 0.337. The molecular weight excluding hydrogens is 170 g/mol. The highest BCUT2D eigenvalue weighted by Crippen LogP contribution is 2.50. The van der Waals surface area contributed by atoms with Crippen LogP contribution in [0.25, 0.3) is 0 Å². The number of rotatable bonds is 3. The predicted molar refractivity (Wildman–Crippen MR) is 60.2 cm³/mol. The third-order valence-corrected chi connectivity index (χ3v) is 3.53. The van der Waals surface area contributed by atoms with E-state index in [-0.39, 0.29) is 0 Å². The van der Waals surface area contributed by atoms with Crippen molar-refractivity contribution in [3.63, 3.8) is 0 Å². The lowest BCUT2D eigenvalue weighted by molar-refractivity contribution is 0.418. The lowest BCUT2D eigenvalue weighted by Gasteiger charge is -2.19. The Labute approximate surface area is 86.3 Å². The van der Waals surface area contributed by atoms with E-state index >= 15 is 0 Å². The van der Waals surface area contributed by atoms with Crippen molar-refractivity contribution in [3.05, 3.63) is 35.4 Å². The van der Waals surface area contributed by atoms with Gasteiger partial charge in [0.25, 0.3) is 0 Å². The Bertz CT molecular complexity index is 307. The van der Waals surface area contributed by atoms with E-state index < -0.39 is 0 Å². The Morgan fingerprint density at radius 3 is 2.29 bits per heavy atom. The maximum Gasteiger partial charge on any atom is 0.00702 e. The van der Waals surface area contributed by atoms with Crippen molar-refractivity contribution < 1.29 is 0 Å². The molecule has 1 aliphatic carbocycles. The minimum Gasteiger partial charge on any atom is -0.327 e. The first-order valence-electron chi connectivity index (χ1n) is 5.43. The summed E-state index contributed by atoms with van der Waals surface area (Å²) in [4.78, 5) is 0. The van der Waals surface area contributed by atoms with Crippen LogP contribution in [0.1, 0.15) is 30.9 Å². The zero-order valence-electron chi connectivity index (χ0n) is 9.09. The van der Waals surface area contributed by atoms with Crippen LogP contribution in [0.2, 0.25) is 0 Å². The molecular formula is C13H19N. The van der Waals surface area contributed by atoms with Crippen LogP contribution < -0.4 is 5.73 Å². The van der Waals surface area contributed by atoms with E-state index in [2.05, 4.69) is 38.1 Å². The second-order valence-corrected chi connectivity index (χ2v) is 4.81. The Balaban J connectivity index is 2.08. The lowest BCUT2D eigenvalue weighted by atomic mass is 9.90. The molecule has 1 nitrogen and oxygen atoms in total. The fraction of sp³-hybridized carbons (Fsp3) is 0.538. The third kappa shape index (κ3) is 1.83. The van der Waals surface area contributed by atoms with E-state index in [4.69, 9.17) is 5.73 Å². The van der Waals surface area contributed by atoms with Gasteiger partial charge in [0.15, 0.2) is 0 Å². The molecule has 0 bridgehead atoms. The average molecular weight is 189 g/mol. The highest BCUT2D eigenvalue weighted by Gasteiger charge is 2.45. The van der Waals surface area contributed by atoms with Gasteiger partial charge in [-0.3, -0.25) is 0 Å². The Morgan fingerprint density at radius 1 is 1.29 bits per heavy atom. The van der Waals surface area contributed by atoms with Gasteiger partial charge < -0.3 is 5.73 Å². The van der Waals surface area contributed by atoms with E-state index in [1.54, 1.807) is 0 Å². The molecule has 1 heteroatoms. The maximum absolute atomic E-state index is 6.01. The van der Waals surface area contributed by atoms with Gasteiger partial charge in [0, 0.05) is 6.04 Å². The van der Waals surface area contributed by atoms with Gasteiger partial charge in [0.1, 0.15) is 0 Å². The van der Waals surface area contributed by atoms with E-state index in [1.165, 1.54) is 24.0 Å². The van der Waals surface area contributed by atoms with Crippen molar-refractivity contribution in [2.75, 3.05) is 0 Å². The summed E-state index contributed by atoms with van der Waals surface area (Å²) in [5.74, 6) is 0. The van der Waals surface area contributed by atoms with Gasteiger partial charge >= 0.3 is 0 Å². The molecule has 1 aliphatic rings. The summed E-state index contributed by atoms with van der Waals surface area (Å²) in [5, 5.41) is 0. The van der Waals surface area contributed by atoms with Gasteiger partial charge in [-0.1, -0.05) is 29.8 Å². The molecule has 0 amide bonds. The van der Waals surface area contributed by atoms with Crippen LogP contribution in [0, 0.1) is 12.3 Å². The van der Waals surface area contributed by atoms with Gasteiger partial charge in [-0.2, -0.15) is 0 Å². The highest BCUT2D eigenvalue weighted by molar-refractivity contribution is 5.24. The summed E-state index contributed by atoms with van der Waals surface area (Å²) in [6.45, 7) is 4.27. The molecule has 1 fully saturated rings. The van der Waals surface area contributed by atoms with E-state index in [0.717, 1.165) is 6.42 Å². The minimum absolute atomic E-state index is 0.337. The largest absolute Gasteiger partial charge is 0.327 e. The molecule has 1 aromatic carbocycles. The summed E-state index contributed by atoms with van der Waals surface area (Å²) in [5.41, 5.74) is 9.20. The average Bonchev–Trinajstić information content (AvgIpc) is 2.90. The van der Waals surface area contributed by atoms with Crippen LogP contribution in [0.4, 0.5) is 0 Å². The van der Waals surface area contributed by atoms with E-state index in [1.807, 2.05) is 0 Å². The molecule has 1 unspecified atom stereocenters. The summed E-state index contributed by atoms with van der Waals surface area (Å²) in [6, 6.07) is 9.18. The highest BCUT2D eigenvalue weighted by atomic mass is 14.7. The van der Waals surface area contributed by atoms with Crippen LogP contribution >= 0.6 is 0 Å². The van der Waals surface area contributed by atoms with Crippen LogP contribution in [0.3, 0.4) is 0 Å². The molecule has 76 valence electrons. The molecule has 0 aromatic heterocycles. The van der Waals surface area contributed by atoms with E-state index in [9.17, 15) is 0 Å². The first-order valence-corrected chi connectivity index (χ1v) is 5.43. The first kappa shape index (κ1) is 9.72. The molecule has 0 spiro atoms. The van der Waals surface area contributed by atoms with Gasteiger partial charge in [-0.05, 0) is 44.1 Å². The molecule has 0 saturated heterocycles. The number of benzene rings is 1. The quantitative estimate of drug-likeness (QED) is 0.777. The molecule has 0 radical (unpaired) electrons. The molecule has 0 heterocycles. The normalized spacial score (nSPS) is 20.5. The maximum atomic E-state index is 6.01. The van der Waals surface area contributed by atoms with Crippen LogP contribution in [0.15, 0.2) is 24.3 Å². The molecule has 1 saturated carbocycles. The van der Waals surface area contributed by atoms with Crippen molar-refractivity contribution in [1.82, 2.24) is 0 Å². The Kier molecular flexibility index (Phi) is 2.36. The number of aryl methyl sites for hydroxylation is 1. The number of hydrogen-bond donors (Lipinski definition) is 1. The predicted octanol–water partition coefficient (Wildman–Crippen LogP) is 2.66. The standard InChI is InChI=1S/C13H19N/c1-10-3-5-12(6-4-10)9-13(7-8-13)11(2)14/h3-6,11H,7-9,14H2,1-2H3. The van der Waals surface area contributed by atoms with Crippen molar-refractivity contribution in [2.45, 2.75) is 39.2 Å². The first-order chi connectivity index (χ1) is 6.62. The van der Waals surface area contributed by atoms with Gasteiger partial charge in [0.2, 0.25) is 0 Å². The van der Waals surface area contributed by atoms with Gasteiger partial charge in [-0.25, -0.2) is 0 Å². The molecule has 2 rings (SSSR count). The van der Waals surface area contributed by atoms with E-state index in [0.29, 0.717) is 11.5 Å². The van der Waals surface area contributed by atoms with Crippen LogP contribution in [-0.4, -0.2) is 6.04 Å². The summed E-state index contributed by atoms with van der Waals surface area (Å²) < 4.78 is 0. The third-order valence-electron chi connectivity index (χ3n) is 3.53. The zero-order valence-corrected chi connectivity index (χ0v) is 9.09.